The lowest BCUT2D eigenvalue weighted by atomic mass is 9.71. The fourth-order valence-electron chi connectivity index (χ4n) is 4.24. The predicted octanol–water partition coefficient (Wildman–Crippen LogP) is 5.05. The first kappa shape index (κ1) is 17.0. The number of hydrogen-bond acceptors (Lipinski definition) is 2. The third kappa shape index (κ3) is 2.86. The van der Waals surface area contributed by atoms with E-state index in [0.29, 0.717) is 13.0 Å². The van der Waals surface area contributed by atoms with Crippen LogP contribution in [0.25, 0.3) is 0 Å². The summed E-state index contributed by atoms with van der Waals surface area (Å²) in [5.74, 6) is 0.104. The molecule has 0 saturated carbocycles. The molecule has 2 aromatic rings. The second-order valence-corrected chi connectivity index (χ2v) is 13.2. The number of allylic oxidation sites excluding steroid dienone is 1. The van der Waals surface area contributed by atoms with Crippen molar-refractivity contribution in [2.24, 2.45) is 0 Å². The van der Waals surface area contributed by atoms with Crippen LogP contribution in [0.15, 0.2) is 82.6 Å². The molecule has 26 heavy (non-hydrogen) atoms. The zero-order valence-corrected chi connectivity index (χ0v) is 16.6. The molecule has 0 aromatic heterocycles. The Kier molecular flexibility index (Phi) is 4.20. The minimum atomic E-state index is -1.52. The van der Waals surface area contributed by atoms with Gasteiger partial charge in [0.25, 0.3) is 0 Å². The van der Waals surface area contributed by atoms with Gasteiger partial charge in [0.2, 0.25) is 0 Å². The number of hydrogen-bond donors (Lipinski definition) is 0. The van der Waals surface area contributed by atoms with Crippen LogP contribution in [0.4, 0.5) is 0 Å². The van der Waals surface area contributed by atoms with Crippen molar-refractivity contribution in [3.05, 3.63) is 93.7 Å². The van der Waals surface area contributed by atoms with Gasteiger partial charge in [-0.2, -0.15) is 0 Å². The molecule has 1 atom stereocenters. The summed E-state index contributed by atoms with van der Waals surface area (Å²) in [5.41, 5.74) is 5.82. The van der Waals surface area contributed by atoms with Gasteiger partial charge in [0, 0.05) is 17.9 Å². The predicted molar refractivity (Wildman–Crippen MR) is 108 cm³/mol. The van der Waals surface area contributed by atoms with E-state index in [1.54, 1.807) is 0 Å². The largest absolute Gasteiger partial charge is 0.457 e. The van der Waals surface area contributed by atoms with E-state index < -0.39 is 8.07 Å². The lowest BCUT2D eigenvalue weighted by Crippen LogP contribution is -2.42. The maximum absolute atomic E-state index is 12.6. The van der Waals surface area contributed by atoms with Gasteiger partial charge in [0.05, 0.1) is 8.07 Å². The molecule has 1 aliphatic heterocycles. The summed E-state index contributed by atoms with van der Waals surface area (Å²) in [4.78, 5) is 12.6. The number of fused-ring (bicyclic) bond motifs is 1. The molecule has 0 fully saturated rings. The average Bonchev–Trinajstić information content (AvgIpc) is 2.59. The number of rotatable bonds is 4. The van der Waals surface area contributed by atoms with Gasteiger partial charge in [0.15, 0.2) is 0 Å². The standard InChI is InChI=1S/C23H24O2Si/c1-26(2,3)22-19-15-25-23(24)18(14-16-10-6-4-7-11-16)21(19)20(22)17-12-8-5-9-13-17/h4-13,20H,14-15H2,1-3H3. The molecular formula is C23H24O2Si. The van der Waals surface area contributed by atoms with Crippen LogP contribution in [-0.2, 0) is 16.0 Å². The number of benzene rings is 2. The molecule has 1 unspecified atom stereocenters. The highest BCUT2D eigenvalue weighted by Crippen LogP contribution is 2.54. The highest BCUT2D eigenvalue weighted by molar-refractivity contribution is 6.84. The summed E-state index contributed by atoms with van der Waals surface area (Å²) in [6.45, 7) is 7.59. The van der Waals surface area contributed by atoms with Crippen molar-refractivity contribution in [1.29, 1.82) is 0 Å². The monoisotopic (exact) mass is 360 g/mol. The van der Waals surface area contributed by atoms with Gasteiger partial charge >= 0.3 is 5.97 Å². The molecule has 3 heteroatoms. The molecule has 0 saturated heterocycles. The zero-order valence-electron chi connectivity index (χ0n) is 15.6. The van der Waals surface area contributed by atoms with Gasteiger partial charge < -0.3 is 4.74 Å². The number of carbonyl (C=O) groups excluding carboxylic acids is 1. The van der Waals surface area contributed by atoms with E-state index in [4.69, 9.17) is 4.74 Å². The first-order chi connectivity index (χ1) is 12.5. The van der Waals surface area contributed by atoms with Gasteiger partial charge in [0.1, 0.15) is 6.61 Å². The van der Waals surface area contributed by atoms with Crippen LogP contribution in [0.5, 0.6) is 0 Å². The normalized spacial score (nSPS) is 19.8. The quantitative estimate of drug-likeness (QED) is 0.563. The van der Waals surface area contributed by atoms with E-state index in [2.05, 4.69) is 62.1 Å². The Morgan fingerprint density at radius 2 is 1.58 bits per heavy atom. The molecule has 132 valence electrons. The minimum Gasteiger partial charge on any atom is -0.457 e. The Labute approximate surface area is 156 Å². The van der Waals surface area contributed by atoms with E-state index in [1.807, 2.05) is 18.2 Å². The Balaban J connectivity index is 1.87. The Morgan fingerprint density at radius 3 is 2.19 bits per heavy atom. The number of carbonyl (C=O) groups is 1. The minimum absolute atomic E-state index is 0.150. The number of esters is 1. The van der Waals surface area contributed by atoms with Crippen molar-refractivity contribution in [3.8, 4) is 0 Å². The number of ether oxygens (including phenoxy) is 1. The molecule has 2 nitrogen and oxygen atoms in total. The lowest BCUT2D eigenvalue weighted by molar-refractivity contribution is -0.139. The van der Waals surface area contributed by atoms with E-state index in [1.165, 1.54) is 21.9 Å². The summed E-state index contributed by atoms with van der Waals surface area (Å²) in [6, 6.07) is 20.8. The van der Waals surface area contributed by atoms with Crippen molar-refractivity contribution < 1.29 is 9.53 Å². The van der Waals surface area contributed by atoms with Crippen LogP contribution in [0.2, 0.25) is 19.6 Å². The second-order valence-electron chi connectivity index (χ2n) is 8.12. The van der Waals surface area contributed by atoms with Crippen LogP contribution in [0.3, 0.4) is 0 Å². The highest BCUT2D eigenvalue weighted by atomic mass is 28.3. The van der Waals surface area contributed by atoms with Crippen molar-refractivity contribution in [3.63, 3.8) is 0 Å². The van der Waals surface area contributed by atoms with Crippen molar-refractivity contribution in [2.75, 3.05) is 6.61 Å². The molecule has 0 bridgehead atoms. The molecule has 2 aliphatic rings. The molecule has 2 aromatic carbocycles. The summed E-state index contributed by atoms with van der Waals surface area (Å²) < 4.78 is 5.57. The van der Waals surface area contributed by atoms with Gasteiger partial charge in [-0.05, 0) is 22.3 Å². The van der Waals surface area contributed by atoms with Crippen LogP contribution >= 0.6 is 0 Å². The van der Waals surface area contributed by atoms with Gasteiger partial charge in [-0.25, -0.2) is 4.79 Å². The molecule has 1 heterocycles. The Morgan fingerprint density at radius 1 is 0.962 bits per heavy atom. The van der Waals surface area contributed by atoms with Crippen LogP contribution < -0.4 is 0 Å². The topological polar surface area (TPSA) is 26.3 Å². The van der Waals surface area contributed by atoms with Crippen molar-refractivity contribution in [2.45, 2.75) is 32.0 Å². The summed E-state index contributed by atoms with van der Waals surface area (Å²) >= 11 is 0. The third-order valence-electron chi connectivity index (χ3n) is 5.31. The maximum Gasteiger partial charge on any atom is 0.335 e. The van der Waals surface area contributed by atoms with Gasteiger partial charge in [-0.1, -0.05) is 85.5 Å². The highest BCUT2D eigenvalue weighted by Gasteiger charge is 2.46. The SMILES string of the molecule is C[Si](C)(C)C1=C2COC(=O)C(Cc3ccccc3)=C2C1c1ccccc1. The Bertz CT molecular complexity index is 902. The lowest BCUT2D eigenvalue weighted by Gasteiger charge is -2.46. The Hall–Kier alpha value is -2.39. The van der Waals surface area contributed by atoms with E-state index >= 15 is 0 Å². The van der Waals surface area contributed by atoms with Crippen LogP contribution in [0, 0.1) is 0 Å². The van der Waals surface area contributed by atoms with E-state index in [-0.39, 0.29) is 11.9 Å². The summed E-state index contributed by atoms with van der Waals surface area (Å²) in [6.07, 6.45) is 0.640. The van der Waals surface area contributed by atoms with Gasteiger partial charge in [-0.15, -0.1) is 0 Å². The fourth-order valence-corrected chi connectivity index (χ4v) is 6.53. The zero-order chi connectivity index (χ0) is 18.3. The van der Waals surface area contributed by atoms with Crippen molar-refractivity contribution in [1.82, 2.24) is 0 Å². The third-order valence-corrected chi connectivity index (χ3v) is 7.52. The molecule has 0 radical (unpaired) electrons. The molecule has 1 aliphatic carbocycles. The fraction of sp³-hybridized carbons (Fsp3) is 0.261. The van der Waals surface area contributed by atoms with Gasteiger partial charge in [-0.3, -0.25) is 0 Å². The molecule has 0 amide bonds. The van der Waals surface area contributed by atoms with Crippen LogP contribution in [-0.4, -0.2) is 20.7 Å². The van der Waals surface area contributed by atoms with Crippen molar-refractivity contribution >= 4 is 14.0 Å². The van der Waals surface area contributed by atoms with E-state index in [0.717, 1.165) is 11.1 Å². The van der Waals surface area contributed by atoms with E-state index in [9.17, 15) is 4.79 Å². The first-order valence-electron chi connectivity index (χ1n) is 9.19. The molecule has 0 spiro atoms. The first-order valence-corrected chi connectivity index (χ1v) is 12.7. The average molecular weight is 361 g/mol. The second kappa shape index (κ2) is 6.40. The van der Waals surface area contributed by atoms with Crippen LogP contribution in [0.1, 0.15) is 17.0 Å². The molecular weight excluding hydrogens is 336 g/mol. The number of cyclic esters (lactones) is 1. The molecule has 4 rings (SSSR count). The summed E-state index contributed by atoms with van der Waals surface area (Å²) in [5, 5.41) is 1.54. The smallest absolute Gasteiger partial charge is 0.335 e. The maximum atomic E-state index is 12.6. The molecule has 0 N–H and O–H groups in total. The summed E-state index contributed by atoms with van der Waals surface area (Å²) in [7, 11) is -1.52.